The molecule has 0 bridgehead atoms. The zero-order valence-electron chi connectivity index (χ0n) is 17.7. The molecule has 1 aliphatic heterocycles. The third-order valence-corrected chi connectivity index (χ3v) is 6.25. The molecule has 154 valence electrons. The molecule has 0 aromatic rings. The van der Waals surface area contributed by atoms with Gasteiger partial charge in [-0.25, -0.2) is 4.79 Å². The van der Waals surface area contributed by atoms with Gasteiger partial charge in [0.05, 0.1) is 0 Å². The highest BCUT2D eigenvalue weighted by Gasteiger charge is 2.53. The molecule has 3 N–H and O–H groups in total. The van der Waals surface area contributed by atoms with Crippen LogP contribution in [0.1, 0.15) is 60.3 Å². The number of hydrogen-bond donors (Lipinski definition) is 2. The van der Waals surface area contributed by atoms with Gasteiger partial charge in [-0.15, -0.1) is 0 Å². The minimum absolute atomic E-state index is 0.196. The smallest absolute Gasteiger partial charge is 0.325 e. The Bertz CT molecular complexity index is 601. The molecule has 7 heteroatoms. The van der Waals surface area contributed by atoms with E-state index in [4.69, 9.17) is 5.73 Å². The molecule has 4 amide bonds. The summed E-state index contributed by atoms with van der Waals surface area (Å²) in [6.07, 6.45) is 3.09. The van der Waals surface area contributed by atoms with E-state index in [0.717, 1.165) is 17.7 Å². The van der Waals surface area contributed by atoms with Crippen molar-refractivity contribution in [2.45, 2.75) is 65.8 Å². The van der Waals surface area contributed by atoms with Gasteiger partial charge in [-0.05, 0) is 49.0 Å². The molecule has 1 saturated heterocycles. The van der Waals surface area contributed by atoms with Gasteiger partial charge in [0.25, 0.3) is 5.91 Å². The lowest BCUT2D eigenvalue weighted by atomic mass is 9.67. The van der Waals surface area contributed by atoms with Gasteiger partial charge in [-0.2, -0.15) is 0 Å². The largest absolute Gasteiger partial charge is 0.344 e. The fraction of sp³-hybridized carbons (Fsp3) is 0.850. The molecule has 0 atom stereocenters. The van der Waals surface area contributed by atoms with Crippen LogP contribution in [0.4, 0.5) is 4.79 Å². The third-order valence-electron chi connectivity index (χ3n) is 6.25. The number of imide groups is 1. The van der Waals surface area contributed by atoms with Crippen LogP contribution in [0.15, 0.2) is 0 Å². The summed E-state index contributed by atoms with van der Waals surface area (Å²) in [7, 11) is 1.68. The zero-order valence-corrected chi connectivity index (χ0v) is 17.7. The molecular formula is C20H36N4O3. The fourth-order valence-electron chi connectivity index (χ4n) is 4.19. The quantitative estimate of drug-likeness (QED) is 0.713. The van der Waals surface area contributed by atoms with Crippen LogP contribution in [0.5, 0.6) is 0 Å². The van der Waals surface area contributed by atoms with Crippen LogP contribution in [0.25, 0.3) is 0 Å². The molecule has 27 heavy (non-hydrogen) atoms. The molecule has 1 spiro atoms. The number of carbonyl (C=O) groups excluding carboxylic acids is 3. The second kappa shape index (κ2) is 7.41. The van der Waals surface area contributed by atoms with Crippen molar-refractivity contribution >= 4 is 17.8 Å². The van der Waals surface area contributed by atoms with E-state index >= 15 is 0 Å². The molecular weight excluding hydrogens is 344 g/mol. The summed E-state index contributed by atoms with van der Waals surface area (Å²) in [5, 5.41) is 2.89. The normalized spacial score (nSPS) is 26.5. The Balaban J connectivity index is 2.01. The summed E-state index contributed by atoms with van der Waals surface area (Å²) in [6.45, 7) is 11.3. The van der Waals surface area contributed by atoms with Crippen LogP contribution < -0.4 is 11.1 Å². The maximum atomic E-state index is 13.0. The number of nitrogens with one attached hydrogen (secondary N) is 1. The first-order valence-corrected chi connectivity index (χ1v) is 9.89. The van der Waals surface area contributed by atoms with E-state index in [0.29, 0.717) is 31.8 Å². The van der Waals surface area contributed by atoms with Crippen molar-refractivity contribution in [3.8, 4) is 0 Å². The summed E-state index contributed by atoms with van der Waals surface area (Å²) in [5.41, 5.74) is 4.89. The van der Waals surface area contributed by atoms with E-state index in [-0.39, 0.29) is 29.2 Å². The maximum Gasteiger partial charge on any atom is 0.325 e. The topological polar surface area (TPSA) is 95.7 Å². The molecule has 1 saturated carbocycles. The Hall–Kier alpha value is -1.63. The Kier molecular flexibility index (Phi) is 5.95. The number of carbonyl (C=O) groups is 3. The van der Waals surface area contributed by atoms with Gasteiger partial charge < -0.3 is 16.0 Å². The maximum absolute atomic E-state index is 13.0. The van der Waals surface area contributed by atoms with Crippen LogP contribution in [0.2, 0.25) is 0 Å². The van der Waals surface area contributed by atoms with Crippen LogP contribution in [-0.2, 0) is 9.59 Å². The number of amides is 4. The van der Waals surface area contributed by atoms with E-state index in [1.54, 1.807) is 11.9 Å². The fourth-order valence-corrected chi connectivity index (χ4v) is 4.19. The van der Waals surface area contributed by atoms with Gasteiger partial charge >= 0.3 is 6.03 Å². The van der Waals surface area contributed by atoms with Crippen molar-refractivity contribution < 1.29 is 14.4 Å². The number of urea groups is 1. The summed E-state index contributed by atoms with van der Waals surface area (Å²) >= 11 is 0. The first-order chi connectivity index (χ1) is 12.3. The second-order valence-corrected chi connectivity index (χ2v) is 10.2. The van der Waals surface area contributed by atoms with Gasteiger partial charge in [0.1, 0.15) is 12.1 Å². The first-order valence-electron chi connectivity index (χ1n) is 9.89. The van der Waals surface area contributed by atoms with Crippen molar-refractivity contribution in [1.82, 2.24) is 15.1 Å². The number of likely N-dealkylation sites (N-methyl/N-ethyl adjacent to an activating group) is 1. The van der Waals surface area contributed by atoms with Gasteiger partial charge in [0.2, 0.25) is 5.91 Å². The lowest BCUT2D eigenvalue weighted by Gasteiger charge is -2.40. The molecule has 2 aliphatic rings. The van der Waals surface area contributed by atoms with E-state index in [9.17, 15) is 14.4 Å². The predicted octanol–water partition coefficient (Wildman–Crippen LogP) is 1.96. The van der Waals surface area contributed by atoms with E-state index in [1.165, 1.54) is 0 Å². The average Bonchev–Trinajstić information content (AvgIpc) is 2.78. The van der Waals surface area contributed by atoms with Gasteiger partial charge in [-0.3, -0.25) is 14.5 Å². The molecule has 0 radical (unpaired) electrons. The highest BCUT2D eigenvalue weighted by molar-refractivity contribution is 6.09. The van der Waals surface area contributed by atoms with Crippen molar-refractivity contribution in [2.24, 2.45) is 22.5 Å². The SMILES string of the molecule is CN(CC(C)(C)CN)C(=O)CN1C(=O)NC2(CCC(C(C)(C)C)CC2)C1=O. The molecule has 0 unspecified atom stereocenters. The Morgan fingerprint density at radius 2 is 1.78 bits per heavy atom. The molecule has 2 fully saturated rings. The lowest BCUT2D eigenvalue weighted by molar-refractivity contribution is -0.139. The molecule has 1 aliphatic carbocycles. The van der Waals surface area contributed by atoms with Crippen molar-refractivity contribution in [2.75, 3.05) is 26.7 Å². The van der Waals surface area contributed by atoms with Crippen molar-refractivity contribution in [3.63, 3.8) is 0 Å². The number of hydrogen-bond acceptors (Lipinski definition) is 4. The number of nitrogens with zero attached hydrogens (tertiary/aromatic N) is 2. The minimum atomic E-state index is -0.825. The standard InChI is InChI=1S/C20H36N4O3/c1-18(2,3)14-7-9-20(10-8-14)16(26)24(17(27)22-20)11-15(25)23(6)13-19(4,5)12-21/h14H,7-13,21H2,1-6H3,(H,22,27). The van der Waals surface area contributed by atoms with Crippen LogP contribution in [0.3, 0.4) is 0 Å². The Morgan fingerprint density at radius 3 is 2.26 bits per heavy atom. The lowest BCUT2D eigenvalue weighted by Crippen LogP contribution is -2.51. The Labute approximate surface area is 163 Å². The summed E-state index contributed by atoms with van der Waals surface area (Å²) in [4.78, 5) is 40.6. The molecule has 1 heterocycles. The second-order valence-electron chi connectivity index (χ2n) is 10.2. The van der Waals surface area contributed by atoms with E-state index in [1.807, 2.05) is 13.8 Å². The third kappa shape index (κ3) is 4.62. The van der Waals surface area contributed by atoms with Crippen molar-refractivity contribution in [3.05, 3.63) is 0 Å². The summed E-state index contributed by atoms with van der Waals surface area (Å²) < 4.78 is 0. The van der Waals surface area contributed by atoms with Crippen LogP contribution in [-0.4, -0.2) is 59.9 Å². The van der Waals surface area contributed by atoms with Gasteiger partial charge in [-0.1, -0.05) is 34.6 Å². The number of rotatable bonds is 5. The Morgan fingerprint density at radius 1 is 1.22 bits per heavy atom. The monoisotopic (exact) mass is 380 g/mol. The summed E-state index contributed by atoms with van der Waals surface area (Å²) in [6, 6.07) is -0.450. The van der Waals surface area contributed by atoms with E-state index in [2.05, 4.69) is 26.1 Å². The minimum Gasteiger partial charge on any atom is -0.344 e. The predicted molar refractivity (Wildman–Crippen MR) is 105 cm³/mol. The summed E-state index contributed by atoms with van der Waals surface area (Å²) in [5.74, 6) is 0.0354. The average molecular weight is 381 g/mol. The van der Waals surface area contributed by atoms with Crippen molar-refractivity contribution in [1.29, 1.82) is 0 Å². The van der Waals surface area contributed by atoms with Crippen LogP contribution >= 0.6 is 0 Å². The molecule has 0 aromatic heterocycles. The van der Waals surface area contributed by atoms with Gasteiger partial charge in [0, 0.05) is 13.6 Å². The highest BCUT2D eigenvalue weighted by Crippen LogP contribution is 2.43. The molecule has 2 rings (SSSR count). The van der Waals surface area contributed by atoms with Gasteiger partial charge in [0.15, 0.2) is 0 Å². The van der Waals surface area contributed by atoms with Crippen LogP contribution in [0, 0.1) is 16.7 Å². The number of nitrogens with two attached hydrogens (primary N) is 1. The zero-order chi connectivity index (χ0) is 20.6. The molecule has 7 nitrogen and oxygen atoms in total. The van der Waals surface area contributed by atoms with E-state index < -0.39 is 11.6 Å². The highest BCUT2D eigenvalue weighted by atomic mass is 16.2. The molecule has 0 aromatic carbocycles. The first kappa shape index (κ1) is 21.7.